The number of aromatic carboxylic acids is 1. The van der Waals surface area contributed by atoms with Crippen LogP contribution in [0.1, 0.15) is 58.4 Å². The molecule has 2 aromatic rings. The quantitative estimate of drug-likeness (QED) is 0.886. The largest absolute Gasteiger partial charge is 0.476 e. The Morgan fingerprint density at radius 3 is 3.00 bits per heavy atom. The second-order valence-electron chi connectivity index (χ2n) is 6.24. The Bertz CT molecular complexity index is 725. The van der Waals surface area contributed by atoms with Crippen LogP contribution in [-0.2, 0) is 11.3 Å². The molecule has 0 amide bonds. The lowest BCUT2D eigenvalue weighted by molar-refractivity contribution is -0.0332. The Morgan fingerprint density at radius 2 is 2.33 bits per heavy atom. The van der Waals surface area contributed by atoms with Gasteiger partial charge >= 0.3 is 5.97 Å². The number of carboxylic acids is 1. The van der Waals surface area contributed by atoms with Crippen molar-refractivity contribution in [1.82, 2.24) is 15.0 Å². The van der Waals surface area contributed by atoms with Crippen molar-refractivity contribution in [2.75, 3.05) is 19.7 Å². The van der Waals surface area contributed by atoms with Crippen LogP contribution >= 0.6 is 11.3 Å². The SMILES string of the molecule is Cc1noc(C(C)C)c1CN1CCOC(c2nc(C(=O)O)cs2)C1. The van der Waals surface area contributed by atoms with Gasteiger partial charge in [0.1, 0.15) is 16.9 Å². The van der Waals surface area contributed by atoms with Gasteiger partial charge in [-0.3, -0.25) is 4.90 Å². The molecule has 0 radical (unpaired) electrons. The van der Waals surface area contributed by atoms with Crippen LogP contribution in [-0.4, -0.2) is 45.8 Å². The first-order valence-electron chi connectivity index (χ1n) is 7.93. The lowest BCUT2D eigenvalue weighted by Crippen LogP contribution is -2.38. The monoisotopic (exact) mass is 351 g/mol. The lowest BCUT2D eigenvalue weighted by Gasteiger charge is -2.32. The van der Waals surface area contributed by atoms with E-state index in [1.807, 2.05) is 6.92 Å². The van der Waals surface area contributed by atoms with Crippen LogP contribution in [0, 0.1) is 6.92 Å². The number of carboxylic acid groups (broad SMARTS) is 1. The molecule has 1 fully saturated rings. The fourth-order valence-electron chi connectivity index (χ4n) is 2.81. The highest BCUT2D eigenvalue weighted by atomic mass is 32.1. The van der Waals surface area contributed by atoms with Crippen molar-refractivity contribution in [3.63, 3.8) is 0 Å². The first kappa shape index (κ1) is 17.1. The van der Waals surface area contributed by atoms with Gasteiger partial charge in [0.2, 0.25) is 0 Å². The van der Waals surface area contributed by atoms with E-state index in [0.717, 1.165) is 30.1 Å². The maximum atomic E-state index is 11.0. The maximum Gasteiger partial charge on any atom is 0.355 e. The summed E-state index contributed by atoms with van der Waals surface area (Å²) in [5.41, 5.74) is 2.13. The standard InChI is InChI=1S/C16H21N3O4S/c1-9(2)14-11(10(3)18-23-14)6-19-4-5-22-13(7-19)15-17-12(8-24-15)16(20)21/h8-9,13H,4-7H2,1-3H3,(H,20,21). The van der Waals surface area contributed by atoms with Crippen molar-refractivity contribution in [2.24, 2.45) is 0 Å². The Balaban J connectivity index is 1.72. The molecule has 3 rings (SSSR count). The van der Waals surface area contributed by atoms with Gasteiger partial charge in [0.15, 0.2) is 5.69 Å². The highest BCUT2D eigenvalue weighted by Gasteiger charge is 2.27. The molecule has 0 saturated carbocycles. The van der Waals surface area contributed by atoms with Gasteiger partial charge in [0.05, 0.1) is 12.3 Å². The summed E-state index contributed by atoms with van der Waals surface area (Å²) >= 11 is 1.33. The number of rotatable bonds is 5. The molecular weight excluding hydrogens is 330 g/mol. The van der Waals surface area contributed by atoms with Crippen molar-refractivity contribution in [1.29, 1.82) is 0 Å². The van der Waals surface area contributed by atoms with E-state index in [-0.39, 0.29) is 17.7 Å². The molecule has 1 aliphatic rings. The molecule has 8 heteroatoms. The van der Waals surface area contributed by atoms with E-state index in [4.69, 9.17) is 14.4 Å². The van der Waals surface area contributed by atoms with E-state index < -0.39 is 5.97 Å². The summed E-state index contributed by atoms with van der Waals surface area (Å²) in [6.45, 7) is 8.98. The van der Waals surface area contributed by atoms with Gasteiger partial charge in [0, 0.05) is 36.5 Å². The second kappa shape index (κ2) is 7.00. The van der Waals surface area contributed by atoms with E-state index >= 15 is 0 Å². The zero-order chi connectivity index (χ0) is 17.3. The van der Waals surface area contributed by atoms with Crippen LogP contribution < -0.4 is 0 Å². The molecule has 7 nitrogen and oxygen atoms in total. The number of ether oxygens (including phenoxy) is 1. The number of carbonyl (C=O) groups is 1. The predicted molar refractivity (Wildman–Crippen MR) is 88.4 cm³/mol. The van der Waals surface area contributed by atoms with E-state index in [2.05, 4.69) is 28.9 Å². The number of aromatic nitrogens is 2. The van der Waals surface area contributed by atoms with Crippen molar-refractivity contribution < 1.29 is 19.2 Å². The van der Waals surface area contributed by atoms with Gasteiger partial charge < -0.3 is 14.4 Å². The van der Waals surface area contributed by atoms with Crippen molar-refractivity contribution >= 4 is 17.3 Å². The second-order valence-corrected chi connectivity index (χ2v) is 7.13. The van der Waals surface area contributed by atoms with Crippen molar-refractivity contribution in [2.45, 2.75) is 39.3 Å². The molecule has 1 saturated heterocycles. The van der Waals surface area contributed by atoms with E-state index in [1.54, 1.807) is 5.38 Å². The van der Waals surface area contributed by atoms with Crippen LogP contribution in [0.5, 0.6) is 0 Å². The number of aryl methyl sites for hydroxylation is 1. The molecule has 1 aliphatic heterocycles. The molecule has 1 unspecified atom stereocenters. The minimum Gasteiger partial charge on any atom is -0.476 e. The average molecular weight is 351 g/mol. The van der Waals surface area contributed by atoms with Gasteiger partial charge in [-0.2, -0.15) is 0 Å². The summed E-state index contributed by atoms with van der Waals surface area (Å²) in [6, 6.07) is 0. The molecule has 1 N–H and O–H groups in total. The molecule has 0 spiro atoms. The molecule has 1 atom stereocenters. The van der Waals surface area contributed by atoms with E-state index in [9.17, 15) is 4.79 Å². The van der Waals surface area contributed by atoms with Gasteiger partial charge in [0.25, 0.3) is 0 Å². The highest BCUT2D eigenvalue weighted by Crippen LogP contribution is 2.28. The molecule has 0 bridgehead atoms. The Kier molecular flexibility index (Phi) is 4.98. The van der Waals surface area contributed by atoms with Crippen molar-refractivity contribution in [3.8, 4) is 0 Å². The summed E-state index contributed by atoms with van der Waals surface area (Å²) < 4.78 is 11.2. The minimum atomic E-state index is -1.01. The summed E-state index contributed by atoms with van der Waals surface area (Å²) in [5, 5.41) is 15.4. The zero-order valence-corrected chi connectivity index (χ0v) is 14.8. The zero-order valence-electron chi connectivity index (χ0n) is 14.0. The normalized spacial score (nSPS) is 19.1. The highest BCUT2D eigenvalue weighted by molar-refractivity contribution is 7.09. The Labute approximate surface area is 144 Å². The number of nitrogens with zero attached hydrogens (tertiary/aromatic N) is 3. The van der Waals surface area contributed by atoms with E-state index in [1.165, 1.54) is 11.3 Å². The number of morpholine rings is 1. The third kappa shape index (κ3) is 3.50. The predicted octanol–water partition coefficient (Wildman–Crippen LogP) is 2.83. The molecule has 130 valence electrons. The molecular formula is C16H21N3O4S. The van der Waals surface area contributed by atoms with Gasteiger partial charge in [-0.15, -0.1) is 11.3 Å². The average Bonchev–Trinajstić information content (AvgIpc) is 3.16. The Hall–Kier alpha value is -1.77. The van der Waals surface area contributed by atoms with Crippen molar-refractivity contribution in [3.05, 3.63) is 33.1 Å². The smallest absolute Gasteiger partial charge is 0.355 e. The third-order valence-electron chi connectivity index (χ3n) is 4.09. The van der Waals surface area contributed by atoms with Gasteiger partial charge in [-0.1, -0.05) is 19.0 Å². The maximum absolute atomic E-state index is 11.0. The van der Waals surface area contributed by atoms with Crippen LogP contribution in [0.4, 0.5) is 0 Å². The van der Waals surface area contributed by atoms with Crippen LogP contribution in [0.2, 0.25) is 0 Å². The lowest BCUT2D eigenvalue weighted by atomic mass is 10.0. The first-order valence-corrected chi connectivity index (χ1v) is 8.81. The van der Waals surface area contributed by atoms with Crippen LogP contribution in [0.15, 0.2) is 9.90 Å². The topological polar surface area (TPSA) is 88.7 Å². The summed E-state index contributed by atoms with van der Waals surface area (Å²) in [5.74, 6) is 0.208. The fraction of sp³-hybridized carbons (Fsp3) is 0.562. The number of hydrogen-bond acceptors (Lipinski definition) is 7. The molecule has 0 aliphatic carbocycles. The summed E-state index contributed by atoms with van der Waals surface area (Å²) in [4.78, 5) is 17.4. The summed E-state index contributed by atoms with van der Waals surface area (Å²) in [6.07, 6.45) is -0.195. The van der Waals surface area contributed by atoms with Crippen LogP contribution in [0.25, 0.3) is 0 Å². The number of thiazole rings is 1. The number of hydrogen-bond donors (Lipinski definition) is 1. The van der Waals surface area contributed by atoms with Gasteiger partial charge in [-0.05, 0) is 6.92 Å². The Morgan fingerprint density at radius 1 is 1.54 bits per heavy atom. The molecule has 24 heavy (non-hydrogen) atoms. The first-order chi connectivity index (χ1) is 11.5. The van der Waals surface area contributed by atoms with Gasteiger partial charge in [-0.25, -0.2) is 9.78 Å². The molecule has 0 aromatic carbocycles. The summed E-state index contributed by atoms with van der Waals surface area (Å²) in [7, 11) is 0. The molecule has 3 heterocycles. The minimum absolute atomic E-state index is 0.0766. The third-order valence-corrected chi connectivity index (χ3v) is 5.03. The van der Waals surface area contributed by atoms with E-state index in [0.29, 0.717) is 18.2 Å². The molecule has 2 aromatic heterocycles. The fourth-order valence-corrected chi connectivity index (χ4v) is 3.64. The van der Waals surface area contributed by atoms with Crippen LogP contribution in [0.3, 0.4) is 0 Å².